The molecular formula is C11H21NO2. The summed E-state index contributed by atoms with van der Waals surface area (Å²) < 4.78 is 5.32. The van der Waals surface area contributed by atoms with Crippen LogP contribution in [0.25, 0.3) is 0 Å². The van der Waals surface area contributed by atoms with Crippen LogP contribution in [-0.4, -0.2) is 37.0 Å². The van der Waals surface area contributed by atoms with Gasteiger partial charge in [-0.15, -0.1) is 0 Å². The zero-order valence-electron chi connectivity index (χ0n) is 9.18. The fourth-order valence-corrected chi connectivity index (χ4v) is 1.35. The molecule has 0 saturated carbocycles. The SMILES string of the molecule is CCC(C)(O)CNCC1=CCCOC1. The Bertz CT molecular complexity index is 199. The average Bonchev–Trinajstić information content (AvgIpc) is 2.19. The van der Waals surface area contributed by atoms with Crippen LogP contribution in [0.15, 0.2) is 11.6 Å². The van der Waals surface area contributed by atoms with E-state index in [1.165, 1.54) is 5.57 Å². The summed E-state index contributed by atoms with van der Waals surface area (Å²) in [6.45, 7) is 6.89. The van der Waals surface area contributed by atoms with Crippen LogP contribution in [0.1, 0.15) is 26.7 Å². The largest absolute Gasteiger partial charge is 0.389 e. The molecule has 1 heterocycles. The summed E-state index contributed by atoms with van der Waals surface area (Å²) in [5, 5.41) is 13.0. The molecular weight excluding hydrogens is 178 g/mol. The topological polar surface area (TPSA) is 41.5 Å². The molecule has 3 heteroatoms. The van der Waals surface area contributed by atoms with Crippen LogP contribution >= 0.6 is 0 Å². The van der Waals surface area contributed by atoms with Crippen molar-refractivity contribution in [2.24, 2.45) is 0 Å². The Labute approximate surface area is 86.2 Å². The molecule has 1 aliphatic heterocycles. The number of hydrogen-bond donors (Lipinski definition) is 2. The van der Waals surface area contributed by atoms with Gasteiger partial charge in [-0.2, -0.15) is 0 Å². The minimum absolute atomic E-state index is 0.587. The molecule has 0 aromatic rings. The molecule has 1 unspecified atom stereocenters. The fourth-order valence-electron chi connectivity index (χ4n) is 1.35. The van der Waals surface area contributed by atoms with Crippen LogP contribution in [0.2, 0.25) is 0 Å². The summed E-state index contributed by atoms with van der Waals surface area (Å²) in [5.74, 6) is 0. The zero-order chi connectivity index (χ0) is 10.4. The lowest BCUT2D eigenvalue weighted by Gasteiger charge is -2.22. The van der Waals surface area contributed by atoms with Gasteiger partial charge in [-0.3, -0.25) is 0 Å². The number of hydrogen-bond acceptors (Lipinski definition) is 3. The number of ether oxygens (including phenoxy) is 1. The van der Waals surface area contributed by atoms with Crippen molar-refractivity contribution in [2.75, 3.05) is 26.3 Å². The molecule has 0 aliphatic carbocycles. The summed E-state index contributed by atoms with van der Waals surface area (Å²) in [4.78, 5) is 0. The molecule has 82 valence electrons. The van der Waals surface area contributed by atoms with Crippen LogP contribution in [-0.2, 0) is 4.74 Å². The molecule has 0 amide bonds. The third-order valence-electron chi connectivity index (χ3n) is 2.60. The first kappa shape index (κ1) is 11.7. The highest BCUT2D eigenvalue weighted by atomic mass is 16.5. The van der Waals surface area contributed by atoms with Gasteiger partial charge in [-0.05, 0) is 25.3 Å². The monoisotopic (exact) mass is 199 g/mol. The lowest BCUT2D eigenvalue weighted by molar-refractivity contribution is 0.0561. The molecule has 0 fully saturated rings. The third-order valence-corrected chi connectivity index (χ3v) is 2.60. The first-order chi connectivity index (χ1) is 6.64. The summed E-state index contributed by atoms with van der Waals surface area (Å²) in [6, 6.07) is 0. The van der Waals surface area contributed by atoms with E-state index in [1.807, 2.05) is 13.8 Å². The van der Waals surface area contributed by atoms with Gasteiger partial charge in [0.15, 0.2) is 0 Å². The van der Waals surface area contributed by atoms with E-state index in [9.17, 15) is 5.11 Å². The standard InChI is InChI=1S/C11H21NO2/c1-3-11(2,13)9-12-7-10-5-4-6-14-8-10/h5,12-13H,3-4,6-9H2,1-2H3. The smallest absolute Gasteiger partial charge is 0.0741 e. The summed E-state index contributed by atoms with van der Waals surface area (Å²) in [6.07, 6.45) is 4.01. The Morgan fingerprint density at radius 2 is 2.43 bits per heavy atom. The lowest BCUT2D eigenvalue weighted by Crippen LogP contribution is -2.38. The van der Waals surface area contributed by atoms with Crippen molar-refractivity contribution < 1.29 is 9.84 Å². The Morgan fingerprint density at radius 3 is 3.00 bits per heavy atom. The van der Waals surface area contributed by atoms with E-state index < -0.39 is 5.60 Å². The van der Waals surface area contributed by atoms with E-state index in [4.69, 9.17) is 4.74 Å². The molecule has 3 nitrogen and oxygen atoms in total. The quantitative estimate of drug-likeness (QED) is 0.651. The molecule has 2 N–H and O–H groups in total. The van der Waals surface area contributed by atoms with E-state index in [-0.39, 0.29) is 0 Å². The molecule has 0 saturated heterocycles. The third kappa shape index (κ3) is 4.22. The molecule has 1 atom stereocenters. The molecule has 14 heavy (non-hydrogen) atoms. The van der Waals surface area contributed by atoms with Crippen molar-refractivity contribution >= 4 is 0 Å². The van der Waals surface area contributed by atoms with Gasteiger partial charge < -0.3 is 15.2 Å². The second kappa shape index (κ2) is 5.49. The van der Waals surface area contributed by atoms with Gasteiger partial charge in [0, 0.05) is 13.1 Å². The van der Waals surface area contributed by atoms with E-state index in [2.05, 4.69) is 11.4 Å². The second-order valence-electron chi connectivity index (χ2n) is 4.16. The summed E-state index contributed by atoms with van der Waals surface area (Å²) in [7, 11) is 0. The summed E-state index contributed by atoms with van der Waals surface area (Å²) >= 11 is 0. The minimum Gasteiger partial charge on any atom is -0.389 e. The van der Waals surface area contributed by atoms with Crippen molar-refractivity contribution in [2.45, 2.75) is 32.3 Å². The predicted molar refractivity (Wildman–Crippen MR) is 57.3 cm³/mol. The number of aliphatic hydroxyl groups is 1. The van der Waals surface area contributed by atoms with E-state index in [0.717, 1.165) is 32.6 Å². The number of rotatable bonds is 5. The molecule has 0 radical (unpaired) electrons. The molecule has 1 aliphatic rings. The maximum atomic E-state index is 9.74. The van der Waals surface area contributed by atoms with E-state index >= 15 is 0 Å². The lowest BCUT2D eigenvalue weighted by atomic mass is 10.0. The first-order valence-electron chi connectivity index (χ1n) is 5.33. The van der Waals surface area contributed by atoms with Crippen LogP contribution in [0, 0.1) is 0 Å². The van der Waals surface area contributed by atoms with Crippen molar-refractivity contribution in [3.05, 3.63) is 11.6 Å². The molecule has 0 spiro atoms. The normalized spacial score (nSPS) is 21.5. The van der Waals surface area contributed by atoms with Gasteiger partial charge in [0.05, 0.1) is 18.8 Å². The van der Waals surface area contributed by atoms with Crippen LogP contribution in [0.5, 0.6) is 0 Å². The van der Waals surface area contributed by atoms with E-state index in [0.29, 0.717) is 6.54 Å². The van der Waals surface area contributed by atoms with Crippen LogP contribution in [0.3, 0.4) is 0 Å². The Hall–Kier alpha value is -0.380. The zero-order valence-corrected chi connectivity index (χ0v) is 9.18. The van der Waals surface area contributed by atoms with Crippen LogP contribution < -0.4 is 5.32 Å². The molecule has 1 rings (SSSR count). The van der Waals surface area contributed by atoms with Gasteiger partial charge >= 0.3 is 0 Å². The second-order valence-corrected chi connectivity index (χ2v) is 4.16. The van der Waals surface area contributed by atoms with Gasteiger partial charge in [0.25, 0.3) is 0 Å². The highest BCUT2D eigenvalue weighted by Gasteiger charge is 2.16. The van der Waals surface area contributed by atoms with Crippen molar-refractivity contribution in [1.29, 1.82) is 0 Å². The Balaban J connectivity index is 2.17. The first-order valence-corrected chi connectivity index (χ1v) is 5.33. The van der Waals surface area contributed by atoms with Crippen LogP contribution in [0.4, 0.5) is 0 Å². The maximum Gasteiger partial charge on any atom is 0.0741 e. The summed E-state index contributed by atoms with van der Waals surface area (Å²) in [5.41, 5.74) is 0.707. The number of nitrogens with one attached hydrogen (secondary N) is 1. The molecule has 0 bridgehead atoms. The Kier molecular flexibility index (Phi) is 4.58. The highest BCUT2D eigenvalue weighted by molar-refractivity contribution is 5.06. The fraction of sp³-hybridized carbons (Fsp3) is 0.818. The Morgan fingerprint density at radius 1 is 1.64 bits per heavy atom. The van der Waals surface area contributed by atoms with Crippen molar-refractivity contribution in [3.63, 3.8) is 0 Å². The average molecular weight is 199 g/mol. The minimum atomic E-state index is -0.587. The van der Waals surface area contributed by atoms with Crippen molar-refractivity contribution in [1.82, 2.24) is 5.32 Å². The predicted octanol–water partition coefficient (Wildman–Crippen LogP) is 1.08. The van der Waals surface area contributed by atoms with Gasteiger partial charge in [-0.1, -0.05) is 13.0 Å². The molecule has 0 aromatic heterocycles. The highest BCUT2D eigenvalue weighted by Crippen LogP contribution is 2.07. The van der Waals surface area contributed by atoms with Gasteiger partial charge in [0.1, 0.15) is 0 Å². The van der Waals surface area contributed by atoms with Crippen molar-refractivity contribution in [3.8, 4) is 0 Å². The van der Waals surface area contributed by atoms with Gasteiger partial charge in [-0.25, -0.2) is 0 Å². The maximum absolute atomic E-state index is 9.74. The van der Waals surface area contributed by atoms with Gasteiger partial charge in [0.2, 0.25) is 0 Å². The molecule has 0 aromatic carbocycles. The van der Waals surface area contributed by atoms with E-state index in [1.54, 1.807) is 0 Å².